The molecule has 1 aromatic carbocycles. The normalized spacial score (nSPS) is 10.8. The highest BCUT2D eigenvalue weighted by Crippen LogP contribution is 2.19. The first kappa shape index (κ1) is 11.9. The number of ketones is 1. The fraction of sp³-hybridized carbons (Fsp3) is 0.462. The summed E-state index contributed by atoms with van der Waals surface area (Å²) in [4.78, 5) is 11.9. The van der Waals surface area contributed by atoms with E-state index < -0.39 is 0 Å². The van der Waals surface area contributed by atoms with Crippen LogP contribution >= 0.6 is 0 Å². The van der Waals surface area contributed by atoms with Gasteiger partial charge in [-0.1, -0.05) is 13.8 Å². The summed E-state index contributed by atoms with van der Waals surface area (Å²) >= 11 is 0. The summed E-state index contributed by atoms with van der Waals surface area (Å²) in [6, 6.07) is 2.83. The lowest BCUT2D eigenvalue weighted by atomic mass is 9.94. The smallest absolute Gasteiger partial charge is 0.163 e. The first-order valence-corrected chi connectivity index (χ1v) is 5.21. The van der Waals surface area contributed by atoms with Crippen molar-refractivity contribution < 1.29 is 9.18 Å². The van der Waals surface area contributed by atoms with Crippen LogP contribution < -0.4 is 0 Å². The van der Waals surface area contributed by atoms with Crippen molar-refractivity contribution in [1.82, 2.24) is 0 Å². The summed E-state index contributed by atoms with van der Waals surface area (Å²) in [5.74, 6) is 0.174. The summed E-state index contributed by atoms with van der Waals surface area (Å²) < 4.78 is 13.0. The lowest BCUT2D eigenvalue weighted by molar-refractivity contribution is 0.0966. The molecule has 2 heteroatoms. The molecule has 0 bridgehead atoms. The molecule has 0 aliphatic rings. The van der Waals surface area contributed by atoms with E-state index in [0.29, 0.717) is 17.9 Å². The molecule has 1 nitrogen and oxygen atoms in total. The van der Waals surface area contributed by atoms with E-state index in [1.165, 1.54) is 12.1 Å². The van der Waals surface area contributed by atoms with Crippen LogP contribution in [0.1, 0.15) is 41.8 Å². The van der Waals surface area contributed by atoms with Gasteiger partial charge in [-0.3, -0.25) is 4.79 Å². The zero-order chi connectivity index (χ0) is 11.6. The van der Waals surface area contributed by atoms with Crippen molar-refractivity contribution in [2.24, 2.45) is 5.92 Å². The van der Waals surface area contributed by atoms with Gasteiger partial charge in [0.15, 0.2) is 5.78 Å². The van der Waals surface area contributed by atoms with Gasteiger partial charge in [-0.05, 0) is 43.0 Å². The molecule has 0 aromatic heterocycles. The molecule has 0 spiro atoms. The lowest BCUT2D eigenvalue weighted by Crippen LogP contribution is -2.08. The van der Waals surface area contributed by atoms with Gasteiger partial charge in [0.25, 0.3) is 0 Å². The van der Waals surface area contributed by atoms with Crippen molar-refractivity contribution in [3.8, 4) is 0 Å². The molecule has 0 radical (unpaired) electrons. The minimum Gasteiger partial charge on any atom is -0.294 e. The standard InChI is InChI=1S/C13H17FO/c1-8(2)5-12(15)13-9(3)6-11(14)7-10(13)4/h6-8H,5H2,1-4H3. The zero-order valence-corrected chi connectivity index (χ0v) is 9.73. The van der Waals surface area contributed by atoms with Gasteiger partial charge < -0.3 is 0 Å². The first-order chi connectivity index (χ1) is 6.91. The summed E-state index contributed by atoms with van der Waals surface area (Å²) in [6.07, 6.45) is 0.521. The van der Waals surface area contributed by atoms with Crippen LogP contribution in [0, 0.1) is 25.6 Å². The van der Waals surface area contributed by atoms with Crippen LogP contribution in [0.3, 0.4) is 0 Å². The number of benzene rings is 1. The second kappa shape index (κ2) is 4.56. The third kappa shape index (κ3) is 2.88. The number of carbonyl (C=O) groups excluding carboxylic acids is 1. The highest BCUT2D eigenvalue weighted by Gasteiger charge is 2.14. The molecule has 82 valence electrons. The lowest BCUT2D eigenvalue weighted by Gasteiger charge is -2.10. The number of carbonyl (C=O) groups is 1. The Morgan fingerprint density at radius 3 is 2.13 bits per heavy atom. The van der Waals surface area contributed by atoms with Gasteiger partial charge in [-0.25, -0.2) is 4.39 Å². The van der Waals surface area contributed by atoms with Crippen molar-refractivity contribution >= 4 is 5.78 Å². The number of hydrogen-bond donors (Lipinski definition) is 0. The van der Waals surface area contributed by atoms with Crippen LogP contribution in [0.4, 0.5) is 4.39 Å². The molecule has 15 heavy (non-hydrogen) atoms. The van der Waals surface area contributed by atoms with Gasteiger partial charge in [0.1, 0.15) is 5.82 Å². The molecule has 1 aromatic rings. The van der Waals surface area contributed by atoms with E-state index in [9.17, 15) is 9.18 Å². The Balaban J connectivity index is 3.09. The summed E-state index contributed by atoms with van der Waals surface area (Å²) in [7, 11) is 0. The average molecular weight is 208 g/mol. The quantitative estimate of drug-likeness (QED) is 0.693. The Kier molecular flexibility index (Phi) is 3.61. The highest BCUT2D eigenvalue weighted by molar-refractivity contribution is 5.98. The summed E-state index contributed by atoms with van der Waals surface area (Å²) in [6.45, 7) is 7.57. The molecule has 0 amide bonds. The van der Waals surface area contributed by atoms with E-state index in [-0.39, 0.29) is 11.6 Å². The fourth-order valence-corrected chi connectivity index (χ4v) is 1.82. The Morgan fingerprint density at radius 2 is 1.73 bits per heavy atom. The maximum atomic E-state index is 13.0. The molecule has 0 unspecified atom stereocenters. The van der Waals surface area contributed by atoms with Crippen molar-refractivity contribution in [3.05, 3.63) is 34.6 Å². The molecule has 0 atom stereocenters. The molecule has 0 aliphatic heterocycles. The first-order valence-electron chi connectivity index (χ1n) is 5.21. The van der Waals surface area contributed by atoms with Crippen LogP contribution in [-0.4, -0.2) is 5.78 Å². The van der Waals surface area contributed by atoms with Crippen LogP contribution in [-0.2, 0) is 0 Å². The molecule has 0 saturated carbocycles. The minimum atomic E-state index is -0.272. The van der Waals surface area contributed by atoms with E-state index >= 15 is 0 Å². The zero-order valence-electron chi connectivity index (χ0n) is 9.73. The number of Topliss-reactive ketones (excluding diaryl/α,β-unsaturated/α-hetero) is 1. The van der Waals surface area contributed by atoms with Crippen molar-refractivity contribution in [2.45, 2.75) is 34.1 Å². The predicted molar refractivity (Wildman–Crippen MR) is 59.7 cm³/mol. The SMILES string of the molecule is Cc1cc(F)cc(C)c1C(=O)CC(C)C. The fourth-order valence-electron chi connectivity index (χ4n) is 1.82. The maximum absolute atomic E-state index is 13.0. The molecule has 0 heterocycles. The van der Waals surface area contributed by atoms with Gasteiger partial charge in [0, 0.05) is 12.0 Å². The van der Waals surface area contributed by atoms with Gasteiger partial charge in [-0.2, -0.15) is 0 Å². The van der Waals surface area contributed by atoms with Crippen molar-refractivity contribution in [1.29, 1.82) is 0 Å². The van der Waals surface area contributed by atoms with E-state index in [4.69, 9.17) is 0 Å². The molecule has 0 N–H and O–H groups in total. The Hall–Kier alpha value is -1.18. The molecule has 0 fully saturated rings. The van der Waals surface area contributed by atoms with E-state index in [1.807, 2.05) is 13.8 Å². The monoisotopic (exact) mass is 208 g/mol. The van der Waals surface area contributed by atoms with Gasteiger partial charge in [0.05, 0.1) is 0 Å². The Labute approximate surface area is 90.3 Å². The molecular weight excluding hydrogens is 191 g/mol. The van der Waals surface area contributed by atoms with Crippen LogP contribution in [0.25, 0.3) is 0 Å². The molecule has 1 rings (SSSR count). The highest BCUT2D eigenvalue weighted by atomic mass is 19.1. The van der Waals surface area contributed by atoms with Gasteiger partial charge in [0.2, 0.25) is 0 Å². The van der Waals surface area contributed by atoms with Crippen LogP contribution in [0.15, 0.2) is 12.1 Å². The average Bonchev–Trinajstić information content (AvgIpc) is 1.99. The molecule has 0 aliphatic carbocycles. The molecule has 0 saturated heterocycles. The largest absolute Gasteiger partial charge is 0.294 e. The number of hydrogen-bond acceptors (Lipinski definition) is 1. The number of aryl methyl sites for hydroxylation is 2. The topological polar surface area (TPSA) is 17.1 Å². The number of halogens is 1. The summed E-state index contributed by atoms with van der Waals surface area (Å²) in [5.41, 5.74) is 2.15. The van der Waals surface area contributed by atoms with Crippen molar-refractivity contribution in [2.75, 3.05) is 0 Å². The van der Waals surface area contributed by atoms with E-state index in [1.54, 1.807) is 13.8 Å². The van der Waals surface area contributed by atoms with Crippen LogP contribution in [0.5, 0.6) is 0 Å². The third-order valence-corrected chi connectivity index (χ3v) is 2.37. The summed E-state index contributed by atoms with van der Waals surface area (Å²) in [5, 5.41) is 0. The second-order valence-electron chi connectivity index (χ2n) is 4.44. The Morgan fingerprint density at radius 1 is 1.27 bits per heavy atom. The number of rotatable bonds is 3. The predicted octanol–water partition coefficient (Wildman–Crippen LogP) is 3.67. The third-order valence-electron chi connectivity index (χ3n) is 2.37. The van der Waals surface area contributed by atoms with Gasteiger partial charge in [-0.15, -0.1) is 0 Å². The maximum Gasteiger partial charge on any atom is 0.163 e. The van der Waals surface area contributed by atoms with E-state index in [2.05, 4.69) is 0 Å². The van der Waals surface area contributed by atoms with Crippen LogP contribution in [0.2, 0.25) is 0 Å². The second-order valence-corrected chi connectivity index (χ2v) is 4.44. The Bertz CT molecular complexity index is 357. The minimum absolute atomic E-state index is 0.111. The van der Waals surface area contributed by atoms with Gasteiger partial charge >= 0.3 is 0 Å². The van der Waals surface area contributed by atoms with E-state index in [0.717, 1.165) is 11.1 Å². The molecular formula is C13H17FO. The van der Waals surface area contributed by atoms with Crippen molar-refractivity contribution in [3.63, 3.8) is 0 Å².